The average Bonchev–Trinajstić information content (AvgIpc) is 2.50. The number of amides is 1. The Morgan fingerprint density at radius 3 is 2.68 bits per heavy atom. The van der Waals surface area contributed by atoms with Crippen LogP contribution in [0.1, 0.15) is 25.8 Å². The molecule has 22 heavy (non-hydrogen) atoms. The molecule has 0 atom stereocenters. The van der Waals surface area contributed by atoms with Gasteiger partial charge < -0.3 is 14.8 Å². The highest BCUT2D eigenvalue weighted by Crippen LogP contribution is 2.16. The van der Waals surface area contributed by atoms with Gasteiger partial charge in [-0.2, -0.15) is 5.26 Å². The van der Waals surface area contributed by atoms with Gasteiger partial charge >= 0.3 is 5.97 Å². The molecule has 0 aliphatic heterocycles. The first-order valence-electron chi connectivity index (χ1n) is 7.07. The van der Waals surface area contributed by atoms with Crippen molar-refractivity contribution in [3.05, 3.63) is 29.8 Å². The Labute approximate surface area is 130 Å². The van der Waals surface area contributed by atoms with Gasteiger partial charge in [0.1, 0.15) is 11.8 Å². The van der Waals surface area contributed by atoms with Gasteiger partial charge in [-0.15, -0.1) is 0 Å². The number of hydrogen-bond acceptors (Lipinski definition) is 5. The van der Waals surface area contributed by atoms with Crippen LogP contribution in [0.25, 0.3) is 0 Å². The normalized spacial score (nSPS) is 9.91. The second-order valence-electron chi connectivity index (χ2n) is 5.09. The number of nitrogens with zero attached hydrogens (tertiary/aromatic N) is 1. The summed E-state index contributed by atoms with van der Waals surface area (Å²) in [5, 5.41) is 11.5. The lowest BCUT2D eigenvalue weighted by molar-refractivity contribution is -0.150. The number of hydrogen-bond donors (Lipinski definition) is 1. The molecule has 1 aromatic rings. The molecule has 118 valence electrons. The van der Waals surface area contributed by atoms with Gasteiger partial charge in [0.25, 0.3) is 5.91 Å². The lowest BCUT2D eigenvalue weighted by atomic mass is 10.1. The topological polar surface area (TPSA) is 88.4 Å². The molecule has 0 saturated heterocycles. The molecule has 1 N–H and O–H groups in total. The largest absolute Gasteiger partial charge is 0.481 e. The molecule has 0 aliphatic carbocycles. The third kappa shape index (κ3) is 6.75. The van der Waals surface area contributed by atoms with Crippen molar-refractivity contribution in [2.75, 3.05) is 19.8 Å². The summed E-state index contributed by atoms with van der Waals surface area (Å²) in [5.41, 5.74) is 0.335. The molecule has 0 saturated carbocycles. The third-order valence-corrected chi connectivity index (χ3v) is 2.76. The van der Waals surface area contributed by atoms with Gasteiger partial charge in [-0.3, -0.25) is 4.79 Å². The van der Waals surface area contributed by atoms with Crippen molar-refractivity contribution < 1.29 is 19.1 Å². The Morgan fingerprint density at radius 1 is 1.27 bits per heavy atom. The molecular weight excluding hydrogens is 284 g/mol. The van der Waals surface area contributed by atoms with Crippen LogP contribution in [0.3, 0.4) is 0 Å². The Kier molecular flexibility index (Phi) is 7.48. The quantitative estimate of drug-likeness (QED) is 0.738. The van der Waals surface area contributed by atoms with Crippen LogP contribution < -0.4 is 10.1 Å². The van der Waals surface area contributed by atoms with Gasteiger partial charge in [0.2, 0.25) is 0 Å². The van der Waals surface area contributed by atoms with E-state index in [0.29, 0.717) is 23.8 Å². The van der Waals surface area contributed by atoms with Crippen molar-refractivity contribution in [3.63, 3.8) is 0 Å². The maximum Gasteiger partial charge on any atom is 0.344 e. The number of benzene rings is 1. The molecule has 0 spiro atoms. The second-order valence-corrected chi connectivity index (χ2v) is 5.09. The van der Waals surface area contributed by atoms with Crippen molar-refractivity contribution in [3.8, 4) is 11.8 Å². The van der Waals surface area contributed by atoms with Crippen LogP contribution in [0.15, 0.2) is 24.3 Å². The minimum atomic E-state index is -0.660. The standard InChI is InChI=1S/C16H20N2O4/c1-12(2)7-8-18-15(19)10-22-16(20)11-21-14-6-4-3-5-13(14)9-17/h3-6,12H,7-8,10-11H2,1-2H3,(H,18,19). The summed E-state index contributed by atoms with van der Waals surface area (Å²) >= 11 is 0. The lowest BCUT2D eigenvalue weighted by Crippen LogP contribution is -2.31. The van der Waals surface area contributed by atoms with E-state index in [9.17, 15) is 9.59 Å². The lowest BCUT2D eigenvalue weighted by Gasteiger charge is -2.09. The summed E-state index contributed by atoms with van der Waals surface area (Å²) < 4.78 is 10.0. The highest BCUT2D eigenvalue weighted by molar-refractivity contribution is 5.80. The summed E-state index contributed by atoms with van der Waals surface area (Å²) in [4.78, 5) is 22.9. The van der Waals surface area contributed by atoms with Crippen molar-refractivity contribution >= 4 is 11.9 Å². The fourth-order valence-electron chi connectivity index (χ4n) is 1.56. The van der Waals surface area contributed by atoms with E-state index < -0.39 is 5.97 Å². The fourth-order valence-corrected chi connectivity index (χ4v) is 1.56. The van der Waals surface area contributed by atoms with E-state index in [1.807, 2.05) is 6.07 Å². The van der Waals surface area contributed by atoms with Crippen LogP contribution in [0.2, 0.25) is 0 Å². The van der Waals surface area contributed by atoms with E-state index in [1.54, 1.807) is 24.3 Å². The maximum absolute atomic E-state index is 11.5. The average molecular weight is 304 g/mol. The SMILES string of the molecule is CC(C)CCNC(=O)COC(=O)COc1ccccc1C#N. The van der Waals surface area contributed by atoms with Crippen molar-refractivity contribution in [1.82, 2.24) is 5.32 Å². The molecule has 0 aromatic heterocycles. The third-order valence-electron chi connectivity index (χ3n) is 2.76. The minimum Gasteiger partial charge on any atom is -0.481 e. The zero-order valence-electron chi connectivity index (χ0n) is 12.8. The Bertz CT molecular complexity index is 549. The first-order valence-corrected chi connectivity index (χ1v) is 7.07. The number of para-hydroxylation sites is 1. The van der Waals surface area contributed by atoms with Gasteiger partial charge in [-0.1, -0.05) is 26.0 Å². The number of nitrogens with one attached hydrogen (secondary N) is 1. The van der Waals surface area contributed by atoms with Crippen LogP contribution in [0.4, 0.5) is 0 Å². The van der Waals surface area contributed by atoms with Crippen molar-refractivity contribution in [2.45, 2.75) is 20.3 Å². The fraction of sp³-hybridized carbons (Fsp3) is 0.438. The number of rotatable bonds is 8. The van der Waals surface area contributed by atoms with E-state index >= 15 is 0 Å². The molecule has 6 nitrogen and oxygen atoms in total. The second kappa shape index (κ2) is 9.40. The van der Waals surface area contributed by atoms with Crippen LogP contribution in [0, 0.1) is 17.2 Å². The maximum atomic E-state index is 11.5. The minimum absolute atomic E-state index is 0.309. The molecule has 0 heterocycles. The summed E-state index contributed by atoms with van der Waals surface area (Å²) in [5.74, 6) is -0.196. The van der Waals surface area contributed by atoms with Crippen LogP contribution in [-0.2, 0) is 14.3 Å². The molecule has 0 radical (unpaired) electrons. The number of carbonyl (C=O) groups excluding carboxylic acids is 2. The molecule has 1 amide bonds. The van der Waals surface area contributed by atoms with Gasteiger partial charge in [0.05, 0.1) is 5.56 Å². The molecule has 0 bridgehead atoms. The molecule has 0 fully saturated rings. The first kappa shape index (κ1) is 17.5. The van der Waals surface area contributed by atoms with Gasteiger partial charge in [0, 0.05) is 6.54 Å². The number of carbonyl (C=O) groups is 2. The van der Waals surface area contributed by atoms with Crippen molar-refractivity contribution in [2.24, 2.45) is 5.92 Å². The Balaban J connectivity index is 2.26. The van der Waals surface area contributed by atoms with Crippen molar-refractivity contribution in [1.29, 1.82) is 5.26 Å². The van der Waals surface area contributed by atoms with Gasteiger partial charge in [-0.05, 0) is 24.5 Å². The summed E-state index contributed by atoms with van der Waals surface area (Å²) in [7, 11) is 0. The molecule has 1 aromatic carbocycles. The van der Waals surface area contributed by atoms with E-state index in [0.717, 1.165) is 6.42 Å². The Hall–Kier alpha value is -2.55. The number of esters is 1. The molecule has 1 rings (SSSR count). The Morgan fingerprint density at radius 2 is 2.00 bits per heavy atom. The van der Waals surface area contributed by atoms with Crippen LogP contribution >= 0.6 is 0 Å². The predicted molar refractivity (Wildman–Crippen MR) is 80.1 cm³/mol. The first-order chi connectivity index (χ1) is 10.5. The van der Waals surface area contributed by atoms with E-state index in [4.69, 9.17) is 14.7 Å². The van der Waals surface area contributed by atoms with Crippen LogP contribution in [0.5, 0.6) is 5.75 Å². The van der Waals surface area contributed by atoms with E-state index in [2.05, 4.69) is 19.2 Å². The molecule has 6 heteroatoms. The van der Waals surface area contributed by atoms with E-state index in [1.165, 1.54) is 0 Å². The van der Waals surface area contributed by atoms with Crippen LogP contribution in [-0.4, -0.2) is 31.6 Å². The van der Waals surface area contributed by atoms with Gasteiger partial charge in [0.15, 0.2) is 13.2 Å². The number of ether oxygens (including phenoxy) is 2. The zero-order chi connectivity index (χ0) is 16.4. The highest BCUT2D eigenvalue weighted by Gasteiger charge is 2.10. The van der Waals surface area contributed by atoms with E-state index in [-0.39, 0.29) is 19.1 Å². The number of nitriles is 1. The summed E-state index contributed by atoms with van der Waals surface area (Å²) in [6.07, 6.45) is 0.869. The zero-order valence-corrected chi connectivity index (χ0v) is 12.8. The molecule has 0 unspecified atom stereocenters. The molecule has 0 aliphatic rings. The summed E-state index contributed by atoms with van der Waals surface area (Å²) in [6.45, 7) is 3.99. The smallest absolute Gasteiger partial charge is 0.344 e. The summed E-state index contributed by atoms with van der Waals surface area (Å²) in [6, 6.07) is 8.53. The molecular formula is C16H20N2O4. The highest BCUT2D eigenvalue weighted by atomic mass is 16.6. The van der Waals surface area contributed by atoms with Gasteiger partial charge in [-0.25, -0.2) is 4.79 Å². The predicted octanol–water partition coefficient (Wildman–Crippen LogP) is 1.64. The monoisotopic (exact) mass is 304 g/mol.